The molecule has 2 unspecified atom stereocenters. The van der Waals surface area contributed by atoms with Crippen molar-refractivity contribution in [3.05, 3.63) is 65.0 Å². The number of fused-ring (bicyclic) bond motifs is 1. The summed E-state index contributed by atoms with van der Waals surface area (Å²) in [5.74, 6) is 1.76. The minimum atomic E-state index is -0.149. The van der Waals surface area contributed by atoms with Crippen molar-refractivity contribution in [1.29, 1.82) is 0 Å². The molecule has 0 spiro atoms. The van der Waals surface area contributed by atoms with Crippen LogP contribution in [0.4, 0.5) is 4.39 Å². The second kappa shape index (κ2) is 7.80. The van der Waals surface area contributed by atoms with Crippen molar-refractivity contribution in [2.24, 2.45) is 5.92 Å². The molecule has 0 aliphatic heterocycles. The molecule has 0 amide bonds. The Balaban J connectivity index is 1.87. The van der Waals surface area contributed by atoms with Crippen LogP contribution in [0.2, 0.25) is 0 Å². The molecule has 0 heterocycles. The van der Waals surface area contributed by atoms with E-state index in [1.54, 1.807) is 19.2 Å². The SMILES string of the molecule is CNCC(Cc1cccc(F)c1)C1CCCc2cc(OC)ccc21. The highest BCUT2D eigenvalue weighted by molar-refractivity contribution is 5.40. The highest BCUT2D eigenvalue weighted by Gasteiger charge is 2.28. The van der Waals surface area contributed by atoms with Crippen LogP contribution in [0.3, 0.4) is 0 Å². The van der Waals surface area contributed by atoms with Crippen LogP contribution in [0, 0.1) is 11.7 Å². The maximum absolute atomic E-state index is 13.5. The van der Waals surface area contributed by atoms with Crippen molar-refractivity contribution < 1.29 is 9.13 Å². The van der Waals surface area contributed by atoms with E-state index in [-0.39, 0.29) is 5.82 Å². The number of rotatable bonds is 6. The highest BCUT2D eigenvalue weighted by atomic mass is 19.1. The van der Waals surface area contributed by atoms with Gasteiger partial charge < -0.3 is 10.1 Å². The Morgan fingerprint density at radius 2 is 2.12 bits per heavy atom. The van der Waals surface area contributed by atoms with E-state index in [4.69, 9.17) is 4.74 Å². The number of ether oxygens (including phenoxy) is 1. The van der Waals surface area contributed by atoms with Gasteiger partial charge in [0.2, 0.25) is 0 Å². The monoisotopic (exact) mass is 327 g/mol. The first-order valence-electron chi connectivity index (χ1n) is 8.77. The Kier molecular flexibility index (Phi) is 5.52. The van der Waals surface area contributed by atoms with Gasteiger partial charge in [0.1, 0.15) is 11.6 Å². The van der Waals surface area contributed by atoms with Crippen LogP contribution in [0.5, 0.6) is 5.75 Å². The maximum Gasteiger partial charge on any atom is 0.123 e. The molecule has 2 nitrogen and oxygen atoms in total. The van der Waals surface area contributed by atoms with Gasteiger partial charge in [-0.3, -0.25) is 0 Å². The number of aryl methyl sites for hydroxylation is 1. The van der Waals surface area contributed by atoms with Crippen molar-refractivity contribution in [2.75, 3.05) is 20.7 Å². The highest BCUT2D eigenvalue weighted by Crippen LogP contribution is 2.39. The van der Waals surface area contributed by atoms with Gasteiger partial charge in [-0.1, -0.05) is 18.2 Å². The fraction of sp³-hybridized carbons (Fsp3) is 0.429. The molecule has 0 saturated heterocycles. The molecule has 2 aromatic carbocycles. The summed E-state index contributed by atoms with van der Waals surface area (Å²) in [4.78, 5) is 0. The Labute approximate surface area is 144 Å². The van der Waals surface area contributed by atoms with Crippen LogP contribution < -0.4 is 10.1 Å². The molecule has 2 atom stereocenters. The topological polar surface area (TPSA) is 21.3 Å². The normalized spacial score (nSPS) is 18.0. The Morgan fingerprint density at radius 1 is 1.25 bits per heavy atom. The Morgan fingerprint density at radius 3 is 2.88 bits per heavy atom. The molecule has 2 aromatic rings. The molecule has 24 heavy (non-hydrogen) atoms. The Hall–Kier alpha value is -1.87. The van der Waals surface area contributed by atoms with Crippen LogP contribution in [-0.2, 0) is 12.8 Å². The molecule has 0 bridgehead atoms. The fourth-order valence-electron chi connectivity index (χ4n) is 4.03. The molecular formula is C21H26FNO. The molecule has 1 aliphatic carbocycles. The molecule has 0 saturated carbocycles. The van der Waals surface area contributed by atoms with Gasteiger partial charge in [0.05, 0.1) is 7.11 Å². The molecule has 3 heteroatoms. The first-order chi connectivity index (χ1) is 11.7. The molecule has 1 aliphatic rings. The lowest BCUT2D eigenvalue weighted by atomic mass is 9.73. The number of hydrogen-bond acceptors (Lipinski definition) is 2. The summed E-state index contributed by atoms with van der Waals surface area (Å²) in [5.41, 5.74) is 3.93. The molecule has 0 radical (unpaired) electrons. The van der Waals surface area contributed by atoms with E-state index in [0.29, 0.717) is 11.8 Å². The van der Waals surface area contributed by atoms with Crippen molar-refractivity contribution in [3.63, 3.8) is 0 Å². The number of benzene rings is 2. The van der Waals surface area contributed by atoms with Crippen molar-refractivity contribution in [3.8, 4) is 5.75 Å². The third-order valence-corrected chi connectivity index (χ3v) is 5.13. The lowest BCUT2D eigenvalue weighted by Gasteiger charge is -2.33. The van der Waals surface area contributed by atoms with Gasteiger partial charge in [-0.05, 0) is 92.1 Å². The van der Waals surface area contributed by atoms with Crippen LogP contribution in [0.15, 0.2) is 42.5 Å². The van der Waals surface area contributed by atoms with Gasteiger partial charge in [0.25, 0.3) is 0 Å². The van der Waals surface area contributed by atoms with E-state index in [1.165, 1.54) is 30.0 Å². The lowest BCUT2D eigenvalue weighted by molar-refractivity contribution is 0.363. The molecule has 0 fully saturated rings. The number of nitrogens with one attached hydrogen (secondary N) is 1. The molecule has 1 N–H and O–H groups in total. The summed E-state index contributed by atoms with van der Waals surface area (Å²) in [6.45, 7) is 0.937. The molecular weight excluding hydrogens is 301 g/mol. The van der Waals surface area contributed by atoms with Gasteiger partial charge >= 0.3 is 0 Å². The van der Waals surface area contributed by atoms with Gasteiger partial charge in [0.15, 0.2) is 0 Å². The summed E-state index contributed by atoms with van der Waals surface area (Å²) >= 11 is 0. The fourth-order valence-corrected chi connectivity index (χ4v) is 4.03. The predicted molar refractivity (Wildman–Crippen MR) is 96.2 cm³/mol. The van der Waals surface area contributed by atoms with E-state index in [2.05, 4.69) is 23.5 Å². The van der Waals surface area contributed by atoms with E-state index in [9.17, 15) is 4.39 Å². The van der Waals surface area contributed by atoms with Crippen LogP contribution in [0.25, 0.3) is 0 Å². The second-order valence-electron chi connectivity index (χ2n) is 6.72. The Bertz CT molecular complexity index is 685. The first-order valence-corrected chi connectivity index (χ1v) is 8.77. The van der Waals surface area contributed by atoms with Crippen molar-refractivity contribution in [1.82, 2.24) is 5.32 Å². The summed E-state index contributed by atoms with van der Waals surface area (Å²) in [6, 6.07) is 13.5. The first kappa shape index (κ1) is 17.0. The molecule has 3 rings (SSSR count). The third kappa shape index (κ3) is 3.78. The summed E-state index contributed by atoms with van der Waals surface area (Å²) in [6.07, 6.45) is 4.42. The summed E-state index contributed by atoms with van der Waals surface area (Å²) < 4.78 is 18.9. The van der Waals surface area contributed by atoms with Crippen molar-refractivity contribution in [2.45, 2.75) is 31.6 Å². The van der Waals surface area contributed by atoms with Crippen LogP contribution >= 0.6 is 0 Å². The quantitative estimate of drug-likeness (QED) is 0.852. The lowest BCUT2D eigenvalue weighted by Crippen LogP contribution is -2.29. The van der Waals surface area contributed by atoms with Crippen LogP contribution in [0.1, 0.15) is 35.4 Å². The number of methoxy groups -OCH3 is 1. The molecule has 0 aromatic heterocycles. The predicted octanol–water partition coefficient (Wildman–Crippen LogP) is 4.33. The number of halogens is 1. The summed E-state index contributed by atoms with van der Waals surface area (Å²) in [7, 11) is 3.71. The van der Waals surface area contributed by atoms with Gasteiger partial charge in [-0.2, -0.15) is 0 Å². The molecule has 128 valence electrons. The van der Waals surface area contributed by atoms with E-state index < -0.39 is 0 Å². The largest absolute Gasteiger partial charge is 0.497 e. The van der Waals surface area contributed by atoms with Gasteiger partial charge in [-0.25, -0.2) is 4.39 Å². The van der Waals surface area contributed by atoms with E-state index in [0.717, 1.165) is 30.7 Å². The van der Waals surface area contributed by atoms with E-state index >= 15 is 0 Å². The third-order valence-electron chi connectivity index (χ3n) is 5.13. The number of hydrogen-bond donors (Lipinski definition) is 1. The smallest absolute Gasteiger partial charge is 0.123 e. The minimum Gasteiger partial charge on any atom is -0.497 e. The standard InChI is InChI=1S/C21H26FNO/c1-23-14-17(11-15-5-3-7-18(22)12-15)20-8-4-6-16-13-19(24-2)9-10-21(16)20/h3,5,7,9-10,12-13,17,20,23H,4,6,8,11,14H2,1-2H3. The maximum atomic E-state index is 13.5. The zero-order valence-corrected chi connectivity index (χ0v) is 14.5. The minimum absolute atomic E-state index is 0.149. The van der Waals surface area contributed by atoms with E-state index in [1.807, 2.05) is 13.1 Å². The zero-order chi connectivity index (χ0) is 16.9. The zero-order valence-electron chi connectivity index (χ0n) is 14.5. The second-order valence-corrected chi connectivity index (χ2v) is 6.72. The average Bonchev–Trinajstić information content (AvgIpc) is 2.60. The van der Waals surface area contributed by atoms with Gasteiger partial charge in [0, 0.05) is 0 Å². The average molecular weight is 327 g/mol. The van der Waals surface area contributed by atoms with Crippen molar-refractivity contribution >= 4 is 0 Å². The summed E-state index contributed by atoms with van der Waals surface area (Å²) in [5, 5.41) is 3.33. The van der Waals surface area contributed by atoms with Gasteiger partial charge in [-0.15, -0.1) is 0 Å². The van der Waals surface area contributed by atoms with Crippen LogP contribution in [-0.4, -0.2) is 20.7 Å².